The highest BCUT2D eigenvalue weighted by atomic mass is 16.6. The van der Waals surface area contributed by atoms with E-state index < -0.39 is 22.7 Å². The summed E-state index contributed by atoms with van der Waals surface area (Å²) in [5.41, 5.74) is -0.393. The van der Waals surface area contributed by atoms with E-state index in [4.69, 9.17) is 9.84 Å². The number of carbonyl (C=O) groups is 1. The van der Waals surface area contributed by atoms with Gasteiger partial charge in [0.2, 0.25) is 0 Å². The van der Waals surface area contributed by atoms with Gasteiger partial charge in [-0.15, -0.1) is 0 Å². The predicted molar refractivity (Wildman–Crippen MR) is 71.2 cm³/mol. The van der Waals surface area contributed by atoms with Crippen molar-refractivity contribution in [3.63, 3.8) is 0 Å². The fourth-order valence-electron chi connectivity index (χ4n) is 1.76. The van der Waals surface area contributed by atoms with Crippen LogP contribution in [0.25, 0.3) is 0 Å². The van der Waals surface area contributed by atoms with Gasteiger partial charge in [-0.3, -0.25) is 10.1 Å². The maximum Gasteiger partial charge on any atom is 0.342 e. The Hall–Kier alpha value is -2.19. The van der Waals surface area contributed by atoms with Crippen molar-refractivity contribution in [3.05, 3.63) is 33.9 Å². The first kappa shape index (κ1) is 15.9. The summed E-state index contributed by atoms with van der Waals surface area (Å²) in [7, 11) is 3.10. The Morgan fingerprint density at radius 3 is 2.70 bits per heavy atom. The molecule has 8 heteroatoms. The molecule has 0 aliphatic heterocycles. The number of hydrogen-bond donors (Lipinski definition) is 2. The molecule has 0 amide bonds. The number of hydrogen-bond acceptors (Lipinski definition) is 6. The molecule has 0 radical (unpaired) electrons. The Kier molecular flexibility index (Phi) is 5.42. The Bertz CT molecular complexity index is 505. The van der Waals surface area contributed by atoms with Crippen molar-refractivity contribution in [2.45, 2.75) is 6.10 Å². The Morgan fingerprint density at radius 1 is 1.55 bits per heavy atom. The molecule has 0 bridgehead atoms. The van der Waals surface area contributed by atoms with Gasteiger partial charge >= 0.3 is 5.97 Å². The second-order valence-corrected chi connectivity index (χ2v) is 4.25. The van der Waals surface area contributed by atoms with E-state index in [1.165, 1.54) is 19.2 Å². The Morgan fingerprint density at radius 2 is 2.20 bits per heavy atom. The first-order valence-corrected chi connectivity index (χ1v) is 5.76. The third-order valence-corrected chi connectivity index (χ3v) is 2.69. The number of carboxylic acid groups (broad SMARTS) is 1. The van der Waals surface area contributed by atoms with Gasteiger partial charge in [-0.1, -0.05) is 0 Å². The molecule has 0 fully saturated rings. The minimum Gasteiger partial charge on any atom is -0.477 e. The van der Waals surface area contributed by atoms with E-state index in [9.17, 15) is 20.0 Å². The lowest BCUT2D eigenvalue weighted by atomic mass is 10.1. The molecule has 0 heterocycles. The quantitative estimate of drug-likeness (QED) is 0.560. The summed E-state index contributed by atoms with van der Waals surface area (Å²) in [4.78, 5) is 22.6. The SMILES string of the molecule is COCC(O)CN(C)c1ccc([N+](=O)[O-])c(C(=O)O)c1. The molecule has 1 aromatic rings. The summed E-state index contributed by atoms with van der Waals surface area (Å²) in [5, 5.41) is 29.3. The molecule has 8 nitrogen and oxygen atoms in total. The number of carboxylic acids is 1. The van der Waals surface area contributed by atoms with Crippen LogP contribution in [0.1, 0.15) is 10.4 Å². The second-order valence-electron chi connectivity index (χ2n) is 4.25. The summed E-state index contributed by atoms with van der Waals surface area (Å²) < 4.78 is 4.79. The van der Waals surface area contributed by atoms with E-state index in [2.05, 4.69) is 0 Å². The van der Waals surface area contributed by atoms with Crippen LogP contribution in [-0.2, 0) is 4.74 Å². The number of benzene rings is 1. The topological polar surface area (TPSA) is 113 Å². The van der Waals surface area contributed by atoms with Crippen molar-refractivity contribution >= 4 is 17.3 Å². The number of aliphatic hydroxyl groups excluding tert-OH is 1. The van der Waals surface area contributed by atoms with E-state index in [0.29, 0.717) is 5.69 Å². The Balaban J connectivity index is 2.99. The third kappa shape index (κ3) is 3.90. The number of anilines is 1. The van der Waals surface area contributed by atoms with Gasteiger partial charge in [-0.05, 0) is 12.1 Å². The van der Waals surface area contributed by atoms with Crippen molar-refractivity contribution in [2.24, 2.45) is 0 Å². The highest BCUT2D eigenvalue weighted by Crippen LogP contribution is 2.24. The highest BCUT2D eigenvalue weighted by Gasteiger charge is 2.21. The van der Waals surface area contributed by atoms with Crippen molar-refractivity contribution < 1.29 is 24.7 Å². The molecule has 0 aromatic heterocycles. The van der Waals surface area contributed by atoms with Crippen LogP contribution >= 0.6 is 0 Å². The predicted octanol–water partition coefficient (Wildman–Crippen LogP) is 0.736. The number of nitro benzene ring substituents is 1. The maximum absolute atomic E-state index is 11.0. The van der Waals surface area contributed by atoms with Gasteiger partial charge in [-0.2, -0.15) is 0 Å². The zero-order valence-electron chi connectivity index (χ0n) is 11.1. The number of likely N-dealkylation sites (N-methyl/N-ethyl adjacent to an activating group) is 1. The van der Waals surface area contributed by atoms with Crippen molar-refractivity contribution in [3.8, 4) is 0 Å². The lowest BCUT2D eigenvalue weighted by molar-refractivity contribution is -0.385. The van der Waals surface area contributed by atoms with Crippen LogP contribution in [0.4, 0.5) is 11.4 Å². The fraction of sp³-hybridized carbons (Fsp3) is 0.417. The molecule has 1 atom stereocenters. The maximum atomic E-state index is 11.0. The molecule has 20 heavy (non-hydrogen) atoms. The Labute approximate surface area is 115 Å². The van der Waals surface area contributed by atoms with E-state index in [0.717, 1.165) is 6.07 Å². The molecular formula is C12H16N2O6. The molecule has 2 N–H and O–H groups in total. The molecule has 1 unspecified atom stereocenters. The van der Waals surface area contributed by atoms with Crippen LogP contribution < -0.4 is 4.90 Å². The lowest BCUT2D eigenvalue weighted by Crippen LogP contribution is -2.32. The van der Waals surface area contributed by atoms with Gasteiger partial charge in [-0.25, -0.2) is 4.79 Å². The molecule has 1 rings (SSSR count). The van der Waals surface area contributed by atoms with Gasteiger partial charge in [0.25, 0.3) is 5.69 Å². The standard InChI is InChI=1S/C12H16N2O6/c1-13(6-9(15)7-20-2)8-3-4-11(14(18)19)10(5-8)12(16)17/h3-5,9,15H,6-7H2,1-2H3,(H,16,17). The molecule has 1 aromatic carbocycles. The van der Waals surface area contributed by atoms with Crippen molar-refractivity contribution in [1.29, 1.82) is 0 Å². The zero-order valence-corrected chi connectivity index (χ0v) is 11.1. The summed E-state index contributed by atoms with van der Waals surface area (Å²) in [6.45, 7) is 0.355. The smallest absolute Gasteiger partial charge is 0.342 e. The summed E-state index contributed by atoms with van der Waals surface area (Å²) >= 11 is 0. The van der Waals surface area contributed by atoms with Crippen LogP contribution in [0.15, 0.2) is 18.2 Å². The first-order chi connectivity index (χ1) is 9.36. The lowest BCUT2D eigenvalue weighted by Gasteiger charge is -2.22. The summed E-state index contributed by atoms with van der Waals surface area (Å²) in [6, 6.07) is 3.78. The average Bonchev–Trinajstić information content (AvgIpc) is 2.37. The first-order valence-electron chi connectivity index (χ1n) is 5.76. The van der Waals surface area contributed by atoms with Gasteiger partial charge in [0.05, 0.1) is 17.6 Å². The van der Waals surface area contributed by atoms with Gasteiger partial charge in [0, 0.05) is 32.5 Å². The fourth-order valence-corrected chi connectivity index (χ4v) is 1.76. The monoisotopic (exact) mass is 284 g/mol. The normalized spacial score (nSPS) is 11.9. The van der Waals surface area contributed by atoms with Gasteiger partial charge < -0.3 is 19.8 Å². The number of methoxy groups -OCH3 is 1. The number of aromatic carboxylic acids is 1. The molecule has 0 saturated heterocycles. The second kappa shape index (κ2) is 6.83. The minimum absolute atomic E-state index is 0.142. The molecule has 0 saturated carbocycles. The molecular weight excluding hydrogens is 268 g/mol. The van der Waals surface area contributed by atoms with Crippen molar-refractivity contribution in [1.82, 2.24) is 0 Å². The highest BCUT2D eigenvalue weighted by molar-refractivity contribution is 5.93. The molecule has 110 valence electrons. The van der Waals surface area contributed by atoms with E-state index in [1.54, 1.807) is 11.9 Å². The van der Waals surface area contributed by atoms with E-state index in [-0.39, 0.29) is 18.7 Å². The van der Waals surface area contributed by atoms with Crippen LogP contribution in [0, 0.1) is 10.1 Å². The number of rotatable bonds is 7. The summed E-state index contributed by atoms with van der Waals surface area (Å²) in [5.74, 6) is -1.37. The number of nitro groups is 1. The minimum atomic E-state index is -1.37. The van der Waals surface area contributed by atoms with Crippen LogP contribution in [0.2, 0.25) is 0 Å². The van der Waals surface area contributed by atoms with Crippen LogP contribution in [-0.4, -0.2) is 54.5 Å². The van der Waals surface area contributed by atoms with Gasteiger partial charge in [0.15, 0.2) is 0 Å². The van der Waals surface area contributed by atoms with E-state index in [1.807, 2.05) is 0 Å². The van der Waals surface area contributed by atoms with E-state index >= 15 is 0 Å². The van der Waals surface area contributed by atoms with Gasteiger partial charge in [0.1, 0.15) is 5.56 Å². The largest absolute Gasteiger partial charge is 0.477 e. The number of nitrogens with zero attached hydrogens (tertiary/aromatic N) is 2. The molecule has 0 spiro atoms. The number of aliphatic hydroxyl groups is 1. The number of ether oxygens (including phenoxy) is 1. The van der Waals surface area contributed by atoms with Crippen molar-refractivity contribution in [2.75, 3.05) is 32.2 Å². The summed E-state index contributed by atoms with van der Waals surface area (Å²) in [6.07, 6.45) is -0.742. The molecule has 0 aliphatic carbocycles. The average molecular weight is 284 g/mol. The van der Waals surface area contributed by atoms with Crippen LogP contribution in [0.3, 0.4) is 0 Å². The van der Waals surface area contributed by atoms with Crippen LogP contribution in [0.5, 0.6) is 0 Å². The molecule has 0 aliphatic rings. The zero-order chi connectivity index (χ0) is 15.3. The third-order valence-electron chi connectivity index (χ3n) is 2.69.